The third kappa shape index (κ3) is 7.22. The molecule has 0 saturated carbocycles. The van der Waals surface area contributed by atoms with E-state index in [9.17, 15) is 9.59 Å². The summed E-state index contributed by atoms with van der Waals surface area (Å²) in [6.07, 6.45) is 1.66. The molecule has 168 valence electrons. The second-order valence-corrected chi connectivity index (χ2v) is 8.25. The van der Waals surface area contributed by atoms with Crippen molar-refractivity contribution in [3.63, 3.8) is 0 Å². The number of thiazole rings is 1. The third-order valence-corrected chi connectivity index (χ3v) is 6.00. The molecule has 0 aliphatic carbocycles. The molecule has 1 saturated heterocycles. The Bertz CT molecular complexity index is 847. The molecule has 1 fully saturated rings. The van der Waals surface area contributed by atoms with Crippen LogP contribution in [0.4, 0.5) is 0 Å². The van der Waals surface area contributed by atoms with Crippen molar-refractivity contribution < 1.29 is 19.1 Å². The smallest absolute Gasteiger partial charge is 0.263 e. The van der Waals surface area contributed by atoms with Crippen LogP contribution in [-0.2, 0) is 4.79 Å². The highest BCUT2D eigenvalue weighted by Gasteiger charge is 2.23. The summed E-state index contributed by atoms with van der Waals surface area (Å²) in [5.74, 6) is 1.49. The summed E-state index contributed by atoms with van der Waals surface area (Å²) < 4.78 is 11.0. The van der Waals surface area contributed by atoms with E-state index in [0.717, 1.165) is 43.1 Å². The van der Waals surface area contributed by atoms with Crippen molar-refractivity contribution in [1.82, 2.24) is 20.5 Å². The molecule has 0 bridgehead atoms. The van der Waals surface area contributed by atoms with E-state index in [1.807, 2.05) is 38.1 Å². The molecule has 31 heavy (non-hydrogen) atoms. The summed E-state index contributed by atoms with van der Waals surface area (Å²) in [5, 5.41) is 5.98. The lowest BCUT2D eigenvalue weighted by molar-refractivity contribution is -0.122. The fourth-order valence-corrected chi connectivity index (χ4v) is 4.13. The number of ether oxygens (including phenoxy) is 2. The fraction of sp³-hybridized carbons (Fsp3) is 0.500. The minimum absolute atomic E-state index is 0.0157. The summed E-state index contributed by atoms with van der Waals surface area (Å²) in [6.45, 7) is 7.19. The second kappa shape index (κ2) is 11.7. The zero-order valence-electron chi connectivity index (χ0n) is 18.1. The van der Waals surface area contributed by atoms with E-state index in [-0.39, 0.29) is 17.9 Å². The van der Waals surface area contributed by atoms with Crippen LogP contribution >= 0.6 is 11.3 Å². The maximum Gasteiger partial charge on any atom is 0.263 e. The Kier molecular flexibility index (Phi) is 8.66. The van der Waals surface area contributed by atoms with Gasteiger partial charge in [0.2, 0.25) is 5.91 Å². The Hall–Kier alpha value is -2.65. The molecule has 1 aliphatic rings. The number of nitrogens with one attached hydrogen (secondary N) is 2. The number of carbonyl (C=O) groups is 2. The van der Waals surface area contributed by atoms with Crippen molar-refractivity contribution in [3.8, 4) is 11.5 Å². The summed E-state index contributed by atoms with van der Waals surface area (Å²) in [4.78, 5) is 31.4. The summed E-state index contributed by atoms with van der Waals surface area (Å²) in [6, 6.07) is 7.57. The maximum absolute atomic E-state index is 12.3. The van der Waals surface area contributed by atoms with E-state index >= 15 is 0 Å². The van der Waals surface area contributed by atoms with E-state index < -0.39 is 0 Å². The Morgan fingerprint density at radius 1 is 1.16 bits per heavy atom. The number of piperidine rings is 1. The Morgan fingerprint density at radius 3 is 2.45 bits per heavy atom. The van der Waals surface area contributed by atoms with Crippen LogP contribution in [-0.4, -0.2) is 67.1 Å². The van der Waals surface area contributed by atoms with Gasteiger partial charge in [-0.25, -0.2) is 4.98 Å². The third-order valence-electron chi connectivity index (χ3n) is 5.07. The number of rotatable bonds is 10. The van der Waals surface area contributed by atoms with Gasteiger partial charge in [0.05, 0.1) is 30.9 Å². The first kappa shape index (κ1) is 23.0. The monoisotopic (exact) mass is 446 g/mol. The Labute approximate surface area is 186 Å². The molecule has 2 aromatic rings. The standard InChI is InChI=1S/C22H30N4O4S/c1-3-29-18-4-6-19(7-5-18)30-13-10-23-20(27)14-26-11-8-17(9-12-26)25-22(28)21-16(2)24-15-31-21/h4-7,15,17H,3,8-14H2,1-2H3,(H,23,27)(H,25,28). The molecule has 0 atom stereocenters. The SMILES string of the molecule is CCOc1ccc(OCCNC(=O)CN2CCC(NC(=O)c3scnc3C)CC2)cc1. The van der Waals surface area contributed by atoms with Crippen LogP contribution in [0.25, 0.3) is 0 Å². The van der Waals surface area contributed by atoms with Crippen molar-refractivity contribution in [2.45, 2.75) is 32.7 Å². The lowest BCUT2D eigenvalue weighted by atomic mass is 10.0. The molecular weight excluding hydrogens is 416 g/mol. The van der Waals surface area contributed by atoms with Gasteiger partial charge in [-0.15, -0.1) is 11.3 Å². The molecule has 2 N–H and O–H groups in total. The van der Waals surface area contributed by atoms with Crippen LogP contribution in [0.2, 0.25) is 0 Å². The van der Waals surface area contributed by atoms with Gasteiger partial charge in [0.25, 0.3) is 5.91 Å². The molecule has 2 heterocycles. The van der Waals surface area contributed by atoms with Gasteiger partial charge in [0.1, 0.15) is 23.0 Å². The summed E-state index contributed by atoms with van der Waals surface area (Å²) in [7, 11) is 0. The van der Waals surface area contributed by atoms with Crippen molar-refractivity contribution in [2.75, 3.05) is 39.4 Å². The Balaban J connectivity index is 1.28. The zero-order chi connectivity index (χ0) is 22.1. The first-order valence-electron chi connectivity index (χ1n) is 10.6. The minimum Gasteiger partial charge on any atom is -0.494 e. The predicted molar refractivity (Wildman–Crippen MR) is 120 cm³/mol. The molecule has 2 amide bonds. The van der Waals surface area contributed by atoms with Crippen LogP contribution in [0.1, 0.15) is 35.1 Å². The lowest BCUT2D eigenvalue weighted by Gasteiger charge is -2.31. The molecule has 0 spiro atoms. The average Bonchev–Trinajstić information content (AvgIpc) is 3.20. The predicted octanol–water partition coefficient (Wildman–Crippen LogP) is 2.24. The molecule has 1 aromatic carbocycles. The molecular formula is C22H30N4O4S. The van der Waals surface area contributed by atoms with Gasteiger partial charge in [-0.1, -0.05) is 0 Å². The first-order valence-corrected chi connectivity index (χ1v) is 11.5. The van der Waals surface area contributed by atoms with Gasteiger partial charge in [-0.2, -0.15) is 0 Å². The van der Waals surface area contributed by atoms with Crippen LogP contribution in [0.5, 0.6) is 11.5 Å². The highest BCUT2D eigenvalue weighted by Crippen LogP contribution is 2.17. The molecule has 1 aromatic heterocycles. The summed E-state index contributed by atoms with van der Waals surface area (Å²) in [5.41, 5.74) is 2.46. The average molecular weight is 447 g/mol. The number of hydrogen-bond acceptors (Lipinski definition) is 7. The number of carbonyl (C=O) groups excluding carboxylic acids is 2. The van der Waals surface area contributed by atoms with E-state index in [4.69, 9.17) is 9.47 Å². The van der Waals surface area contributed by atoms with Crippen molar-refractivity contribution in [3.05, 3.63) is 40.3 Å². The maximum atomic E-state index is 12.3. The van der Waals surface area contributed by atoms with Crippen molar-refractivity contribution in [1.29, 1.82) is 0 Å². The van der Waals surface area contributed by atoms with E-state index in [2.05, 4.69) is 20.5 Å². The van der Waals surface area contributed by atoms with Crippen LogP contribution in [0, 0.1) is 6.92 Å². The number of likely N-dealkylation sites (tertiary alicyclic amines) is 1. The van der Waals surface area contributed by atoms with Gasteiger partial charge < -0.3 is 20.1 Å². The quantitative estimate of drug-likeness (QED) is 0.544. The number of hydrogen-bond donors (Lipinski definition) is 2. The largest absolute Gasteiger partial charge is 0.494 e. The van der Waals surface area contributed by atoms with E-state index in [0.29, 0.717) is 31.2 Å². The van der Waals surface area contributed by atoms with Gasteiger partial charge in [0, 0.05) is 19.1 Å². The first-order chi connectivity index (χ1) is 15.0. The zero-order valence-corrected chi connectivity index (χ0v) is 18.9. The molecule has 1 aliphatic heterocycles. The Morgan fingerprint density at radius 2 is 1.84 bits per heavy atom. The van der Waals surface area contributed by atoms with Crippen LogP contribution in [0.15, 0.2) is 29.8 Å². The van der Waals surface area contributed by atoms with E-state index in [1.54, 1.807) is 5.51 Å². The van der Waals surface area contributed by atoms with Gasteiger partial charge in [0.15, 0.2) is 0 Å². The number of benzene rings is 1. The highest BCUT2D eigenvalue weighted by atomic mass is 32.1. The normalized spacial score (nSPS) is 14.8. The van der Waals surface area contributed by atoms with Gasteiger partial charge >= 0.3 is 0 Å². The topological polar surface area (TPSA) is 92.8 Å². The lowest BCUT2D eigenvalue weighted by Crippen LogP contribution is -2.47. The summed E-state index contributed by atoms with van der Waals surface area (Å²) >= 11 is 1.36. The van der Waals surface area contributed by atoms with Crippen LogP contribution in [0.3, 0.4) is 0 Å². The highest BCUT2D eigenvalue weighted by molar-refractivity contribution is 7.11. The van der Waals surface area contributed by atoms with Crippen LogP contribution < -0.4 is 20.1 Å². The van der Waals surface area contributed by atoms with Gasteiger partial charge in [-0.3, -0.25) is 14.5 Å². The van der Waals surface area contributed by atoms with E-state index in [1.165, 1.54) is 11.3 Å². The number of aryl methyl sites for hydroxylation is 1. The fourth-order valence-electron chi connectivity index (χ4n) is 3.42. The number of amides is 2. The molecule has 0 unspecified atom stereocenters. The second-order valence-electron chi connectivity index (χ2n) is 7.39. The molecule has 9 heteroatoms. The van der Waals surface area contributed by atoms with Crippen molar-refractivity contribution in [2.24, 2.45) is 0 Å². The minimum atomic E-state index is -0.0521. The van der Waals surface area contributed by atoms with Gasteiger partial charge in [-0.05, 0) is 51.0 Å². The number of nitrogens with zero attached hydrogens (tertiary/aromatic N) is 2. The molecule has 0 radical (unpaired) electrons. The number of aromatic nitrogens is 1. The molecule has 3 rings (SSSR count). The van der Waals surface area contributed by atoms with Crippen molar-refractivity contribution >= 4 is 23.2 Å². The molecule has 8 nitrogen and oxygen atoms in total.